The Bertz CT molecular complexity index is 1300. The molecular weight excluding hydrogens is 476 g/mol. The molecule has 0 atom stereocenters. The van der Waals surface area contributed by atoms with Gasteiger partial charge in [0.25, 0.3) is 0 Å². The fourth-order valence-electron chi connectivity index (χ4n) is 4.75. The van der Waals surface area contributed by atoms with Crippen molar-refractivity contribution in [3.63, 3.8) is 0 Å². The number of carboxylic acid groups (broad SMARTS) is 1. The van der Waals surface area contributed by atoms with Crippen molar-refractivity contribution in [3.05, 3.63) is 70.7 Å². The molecule has 3 aromatic rings. The van der Waals surface area contributed by atoms with Gasteiger partial charge in [-0.15, -0.1) is 0 Å². The largest absolute Gasteiger partial charge is 0.481 e. The van der Waals surface area contributed by atoms with Crippen molar-refractivity contribution in [2.24, 2.45) is 5.41 Å². The number of halogens is 2. The van der Waals surface area contributed by atoms with E-state index in [9.17, 15) is 14.3 Å². The number of hydrogen-bond acceptors (Lipinski definition) is 5. The molecule has 0 saturated carbocycles. The Morgan fingerprint density at radius 3 is 2.51 bits per heavy atom. The van der Waals surface area contributed by atoms with E-state index < -0.39 is 11.8 Å². The summed E-state index contributed by atoms with van der Waals surface area (Å²) in [7, 11) is 0. The normalized spacial score (nSPS) is 15.0. The molecule has 0 aliphatic carbocycles. The minimum atomic E-state index is -0.942. The van der Waals surface area contributed by atoms with Crippen LogP contribution in [0.25, 0.3) is 11.1 Å². The summed E-state index contributed by atoms with van der Waals surface area (Å²) in [5.74, 6) is -2.03. The second-order valence-electron chi connectivity index (χ2n) is 10.5. The van der Waals surface area contributed by atoms with Gasteiger partial charge in [-0.25, -0.2) is 13.8 Å². The van der Waals surface area contributed by atoms with Gasteiger partial charge in [-0.2, -0.15) is 0 Å². The molecule has 1 fully saturated rings. The minimum Gasteiger partial charge on any atom is -0.481 e. The Hall–Kier alpha value is -3.55. The topological polar surface area (TPSA) is 75.5 Å². The van der Waals surface area contributed by atoms with Gasteiger partial charge in [-0.1, -0.05) is 19.9 Å². The first-order chi connectivity index (χ1) is 17.5. The highest BCUT2D eigenvalue weighted by Gasteiger charge is 2.29. The van der Waals surface area contributed by atoms with Gasteiger partial charge < -0.3 is 14.7 Å². The highest BCUT2D eigenvalue weighted by molar-refractivity contribution is 5.84. The van der Waals surface area contributed by atoms with Crippen LogP contribution in [-0.2, 0) is 17.6 Å². The number of piperidine rings is 1. The van der Waals surface area contributed by atoms with Crippen LogP contribution in [0.3, 0.4) is 0 Å². The lowest BCUT2D eigenvalue weighted by Crippen LogP contribution is -2.38. The van der Waals surface area contributed by atoms with Crippen molar-refractivity contribution in [2.45, 2.75) is 53.4 Å². The van der Waals surface area contributed by atoms with Gasteiger partial charge in [-0.3, -0.25) is 9.78 Å². The van der Waals surface area contributed by atoms with E-state index in [4.69, 9.17) is 4.74 Å². The van der Waals surface area contributed by atoms with Crippen LogP contribution < -0.4 is 9.64 Å². The fourth-order valence-corrected chi connectivity index (χ4v) is 4.75. The highest BCUT2D eigenvalue weighted by atomic mass is 19.1. The maximum Gasteiger partial charge on any atom is 0.307 e. The van der Waals surface area contributed by atoms with Crippen molar-refractivity contribution in [1.29, 1.82) is 0 Å². The Balaban J connectivity index is 1.61. The molecule has 0 bridgehead atoms. The SMILES string of the molecule is Cc1ccc(F)cc1CCOc1ncc(-c2cnc(C)c(CC(=O)O)c2N2CCC(C)(C)CC2)cc1F. The second-order valence-corrected chi connectivity index (χ2v) is 10.5. The van der Waals surface area contributed by atoms with E-state index in [1.54, 1.807) is 19.2 Å². The Kier molecular flexibility index (Phi) is 7.76. The smallest absolute Gasteiger partial charge is 0.307 e. The lowest BCUT2D eigenvalue weighted by atomic mass is 9.82. The molecule has 1 aromatic carbocycles. The van der Waals surface area contributed by atoms with Crippen LogP contribution in [-0.4, -0.2) is 40.7 Å². The van der Waals surface area contributed by atoms with Crippen molar-refractivity contribution in [3.8, 4) is 17.0 Å². The average molecular weight is 510 g/mol. The molecule has 1 N–H and O–H groups in total. The Labute approximate surface area is 216 Å². The van der Waals surface area contributed by atoms with Gasteiger partial charge in [0, 0.05) is 54.3 Å². The van der Waals surface area contributed by atoms with E-state index in [1.165, 1.54) is 24.4 Å². The first-order valence-corrected chi connectivity index (χ1v) is 12.5. The third-order valence-electron chi connectivity index (χ3n) is 7.17. The Morgan fingerprint density at radius 2 is 1.84 bits per heavy atom. The van der Waals surface area contributed by atoms with Gasteiger partial charge in [-0.05, 0) is 61.4 Å². The molecule has 1 saturated heterocycles. The van der Waals surface area contributed by atoms with Crippen LogP contribution in [0, 0.1) is 30.9 Å². The number of carboxylic acids is 1. The number of aliphatic carboxylic acids is 1. The molecule has 0 unspecified atom stereocenters. The zero-order chi connectivity index (χ0) is 26.7. The van der Waals surface area contributed by atoms with E-state index in [0.717, 1.165) is 42.7 Å². The first kappa shape index (κ1) is 26.5. The standard InChI is InChI=1S/C29H33F2N3O3/c1-18-5-6-22(30)13-20(18)7-12-37-28-25(31)14-21(16-33-28)24-17-32-19(2)23(15-26(35)36)27(24)34-10-8-29(3,4)9-11-34/h5-6,13-14,16-17H,7-12,15H2,1-4H3,(H,35,36). The number of hydrogen-bond donors (Lipinski definition) is 1. The van der Waals surface area contributed by atoms with E-state index in [2.05, 4.69) is 28.7 Å². The summed E-state index contributed by atoms with van der Waals surface area (Å²) >= 11 is 0. The van der Waals surface area contributed by atoms with Crippen molar-refractivity contribution < 1.29 is 23.4 Å². The molecule has 0 spiro atoms. The van der Waals surface area contributed by atoms with Gasteiger partial charge in [0.1, 0.15) is 5.82 Å². The minimum absolute atomic E-state index is 0.134. The van der Waals surface area contributed by atoms with Crippen molar-refractivity contribution in [2.75, 3.05) is 24.6 Å². The molecule has 1 aliphatic heterocycles. The number of carbonyl (C=O) groups is 1. The van der Waals surface area contributed by atoms with Crippen LogP contribution in [0.2, 0.25) is 0 Å². The molecule has 4 rings (SSSR count). The zero-order valence-corrected chi connectivity index (χ0v) is 21.8. The van der Waals surface area contributed by atoms with Gasteiger partial charge in [0.2, 0.25) is 5.88 Å². The van der Waals surface area contributed by atoms with Gasteiger partial charge in [0.15, 0.2) is 5.82 Å². The predicted molar refractivity (Wildman–Crippen MR) is 139 cm³/mol. The monoisotopic (exact) mass is 509 g/mol. The van der Waals surface area contributed by atoms with E-state index >= 15 is 4.39 Å². The highest BCUT2D eigenvalue weighted by Crippen LogP contribution is 2.40. The number of ether oxygens (including phenoxy) is 1. The van der Waals surface area contributed by atoms with E-state index in [-0.39, 0.29) is 30.1 Å². The molecule has 37 heavy (non-hydrogen) atoms. The number of anilines is 1. The second kappa shape index (κ2) is 10.8. The summed E-state index contributed by atoms with van der Waals surface area (Å²) in [5, 5.41) is 9.58. The number of nitrogens with zero attached hydrogens (tertiary/aromatic N) is 3. The maximum absolute atomic E-state index is 15.1. The number of aromatic nitrogens is 2. The third kappa shape index (κ3) is 6.24. The lowest BCUT2D eigenvalue weighted by Gasteiger charge is -2.40. The zero-order valence-electron chi connectivity index (χ0n) is 21.8. The predicted octanol–water partition coefficient (Wildman–Crippen LogP) is 5.91. The number of benzene rings is 1. The maximum atomic E-state index is 15.1. The molecule has 8 heteroatoms. The van der Waals surface area contributed by atoms with Crippen LogP contribution in [0.4, 0.5) is 14.5 Å². The number of pyridine rings is 2. The van der Waals surface area contributed by atoms with Crippen LogP contribution >= 0.6 is 0 Å². The van der Waals surface area contributed by atoms with Crippen molar-refractivity contribution in [1.82, 2.24) is 9.97 Å². The fraction of sp³-hybridized carbons (Fsp3) is 0.414. The lowest BCUT2D eigenvalue weighted by molar-refractivity contribution is -0.136. The van der Waals surface area contributed by atoms with Crippen LogP contribution in [0.1, 0.15) is 49.1 Å². The summed E-state index contributed by atoms with van der Waals surface area (Å²) in [6, 6.07) is 5.91. The number of aryl methyl sites for hydroxylation is 2. The average Bonchev–Trinajstić information content (AvgIpc) is 2.83. The molecule has 196 valence electrons. The molecule has 2 aromatic heterocycles. The first-order valence-electron chi connectivity index (χ1n) is 12.5. The third-order valence-corrected chi connectivity index (χ3v) is 7.17. The molecular formula is C29H33F2N3O3. The Morgan fingerprint density at radius 1 is 1.11 bits per heavy atom. The van der Waals surface area contributed by atoms with E-state index in [0.29, 0.717) is 28.8 Å². The molecule has 1 aliphatic rings. The number of rotatable bonds is 8. The van der Waals surface area contributed by atoms with Crippen molar-refractivity contribution >= 4 is 11.7 Å². The van der Waals surface area contributed by atoms with Gasteiger partial charge >= 0.3 is 5.97 Å². The molecule has 0 amide bonds. The summed E-state index contributed by atoms with van der Waals surface area (Å²) in [4.78, 5) is 22.5. The summed E-state index contributed by atoms with van der Waals surface area (Å²) in [5.41, 5.74) is 5.15. The van der Waals surface area contributed by atoms with E-state index in [1.807, 2.05) is 6.92 Å². The molecule has 6 nitrogen and oxygen atoms in total. The van der Waals surface area contributed by atoms with Crippen LogP contribution in [0.15, 0.2) is 36.7 Å². The molecule has 0 radical (unpaired) electrons. The van der Waals surface area contributed by atoms with Crippen LogP contribution in [0.5, 0.6) is 5.88 Å². The quantitative estimate of drug-likeness (QED) is 0.407. The summed E-state index contributed by atoms with van der Waals surface area (Å²) < 4.78 is 34.2. The molecule has 3 heterocycles. The van der Waals surface area contributed by atoms with Gasteiger partial charge in [0.05, 0.1) is 18.7 Å². The summed E-state index contributed by atoms with van der Waals surface area (Å²) in [6.45, 7) is 9.84. The summed E-state index contributed by atoms with van der Waals surface area (Å²) in [6.07, 6.45) is 5.37.